The van der Waals surface area contributed by atoms with Crippen molar-refractivity contribution < 1.29 is 4.74 Å². The van der Waals surface area contributed by atoms with E-state index in [0.717, 1.165) is 23.9 Å². The first-order valence-corrected chi connectivity index (χ1v) is 7.97. The summed E-state index contributed by atoms with van der Waals surface area (Å²) in [4.78, 5) is 2.57. The summed E-state index contributed by atoms with van der Waals surface area (Å²) in [6, 6.07) is 8.98. The second-order valence-electron chi connectivity index (χ2n) is 5.66. The lowest BCUT2D eigenvalue weighted by atomic mass is 10.1. The van der Waals surface area contributed by atoms with Crippen LogP contribution < -0.4 is 10.5 Å². The molecule has 3 heteroatoms. The molecule has 0 aromatic heterocycles. The molecule has 1 atom stereocenters. The number of hydrogen-bond acceptors (Lipinski definition) is 3. The van der Waals surface area contributed by atoms with Gasteiger partial charge in [0.15, 0.2) is 0 Å². The van der Waals surface area contributed by atoms with Crippen LogP contribution in [-0.4, -0.2) is 30.6 Å². The lowest BCUT2D eigenvalue weighted by Crippen LogP contribution is -2.34. The fraction of sp³-hybridized carbons (Fsp3) is 0.647. The van der Waals surface area contributed by atoms with Crippen LogP contribution in [0, 0.1) is 0 Å². The molecule has 0 saturated heterocycles. The van der Waals surface area contributed by atoms with Gasteiger partial charge >= 0.3 is 0 Å². The summed E-state index contributed by atoms with van der Waals surface area (Å²) in [5, 5.41) is 0. The Hall–Kier alpha value is -1.06. The monoisotopic (exact) mass is 276 g/mol. The highest BCUT2D eigenvalue weighted by atomic mass is 16.5. The number of ether oxygens (including phenoxy) is 1. The maximum atomic E-state index is 6.44. The van der Waals surface area contributed by atoms with Crippen molar-refractivity contribution >= 4 is 0 Å². The molecule has 1 fully saturated rings. The molecular weight excluding hydrogens is 248 g/mol. The Labute approximate surface area is 123 Å². The van der Waals surface area contributed by atoms with Gasteiger partial charge in [-0.2, -0.15) is 0 Å². The summed E-state index contributed by atoms with van der Waals surface area (Å²) >= 11 is 0. The molecule has 0 heterocycles. The molecule has 0 radical (unpaired) electrons. The smallest absolute Gasteiger partial charge is 0.124 e. The maximum Gasteiger partial charge on any atom is 0.124 e. The average Bonchev–Trinajstić information content (AvgIpc) is 3.28. The van der Waals surface area contributed by atoms with Gasteiger partial charge in [0.1, 0.15) is 5.75 Å². The quantitative estimate of drug-likeness (QED) is 0.751. The second-order valence-corrected chi connectivity index (χ2v) is 5.66. The molecule has 20 heavy (non-hydrogen) atoms. The minimum atomic E-state index is 0.0372. The van der Waals surface area contributed by atoms with E-state index in [1.54, 1.807) is 0 Å². The van der Waals surface area contributed by atoms with E-state index in [1.165, 1.54) is 32.2 Å². The number of benzene rings is 1. The van der Waals surface area contributed by atoms with E-state index in [9.17, 15) is 0 Å². The number of nitrogens with two attached hydrogens (primary N) is 1. The van der Waals surface area contributed by atoms with Crippen molar-refractivity contribution in [3.8, 4) is 5.75 Å². The summed E-state index contributed by atoms with van der Waals surface area (Å²) in [5.41, 5.74) is 7.58. The Balaban J connectivity index is 2.00. The third-order valence-electron chi connectivity index (χ3n) is 3.91. The van der Waals surface area contributed by atoms with E-state index in [0.29, 0.717) is 6.61 Å². The van der Waals surface area contributed by atoms with Crippen LogP contribution in [0.1, 0.15) is 51.1 Å². The molecular formula is C17H28N2O. The predicted octanol–water partition coefficient (Wildman–Crippen LogP) is 3.35. The van der Waals surface area contributed by atoms with Crippen LogP contribution in [0.15, 0.2) is 24.3 Å². The van der Waals surface area contributed by atoms with Gasteiger partial charge in [-0.05, 0) is 38.8 Å². The van der Waals surface area contributed by atoms with Crippen LogP contribution in [-0.2, 0) is 0 Å². The zero-order valence-corrected chi connectivity index (χ0v) is 12.8. The molecule has 1 aliphatic rings. The van der Waals surface area contributed by atoms with Crippen LogP contribution in [0.25, 0.3) is 0 Å². The molecule has 0 aliphatic heterocycles. The lowest BCUT2D eigenvalue weighted by molar-refractivity contribution is 0.241. The standard InChI is InChI=1S/C17H28N2O/c1-3-5-12-19(14-10-11-14)13-16(18)15-8-6-7-9-17(15)20-4-2/h6-9,14,16H,3-5,10-13,18H2,1-2H3. The van der Waals surface area contributed by atoms with Crippen molar-refractivity contribution in [2.24, 2.45) is 5.73 Å². The summed E-state index contributed by atoms with van der Waals surface area (Å²) in [5.74, 6) is 0.939. The summed E-state index contributed by atoms with van der Waals surface area (Å²) in [7, 11) is 0. The highest BCUT2D eigenvalue weighted by molar-refractivity contribution is 5.36. The van der Waals surface area contributed by atoms with Gasteiger partial charge in [-0.25, -0.2) is 0 Å². The summed E-state index contributed by atoms with van der Waals surface area (Å²) < 4.78 is 5.70. The van der Waals surface area contributed by atoms with E-state index in [-0.39, 0.29) is 6.04 Å². The van der Waals surface area contributed by atoms with Crippen molar-refractivity contribution in [3.63, 3.8) is 0 Å². The molecule has 0 amide bonds. The number of hydrogen-bond donors (Lipinski definition) is 1. The minimum Gasteiger partial charge on any atom is -0.494 e. The fourth-order valence-corrected chi connectivity index (χ4v) is 2.65. The third-order valence-corrected chi connectivity index (χ3v) is 3.91. The van der Waals surface area contributed by atoms with Gasteiger partial charge in [-0.15, -0.1) is 0 Å². The van der Waals surface area contributed by atoms with E-state index in [1.807, 2.05) is 25.1 Å². The fourth-order valence-electron chi connectivity index (χ4n) is 2.65. The molecule has 1 aromatic rings. The first kappa shape index (κ1) is 15.3. The van der Waals surface area contributed by atoms with Gasteiger partial charge in [0.25, 0.3) is 0 Å². The normalized spacial score (nSPS) is 16.4. The molecule has 3 nitrogen and oxygen atoms in total. The molecule has 0 spiro atoms. The molecule has 1 aliphatic carbocycles. The SMILES string of the molecule is CCCCN(CC(N)c1ccccc1OCC)C1CC1. The predicted molar refractivity (Wildman–Crippen MR) is 84.0 cm³/mol. The molecule has 1 unspecified atom stereocenters. The maximum absolute atomic E-state index is 6.44. The Morgan fingerprint density at radius 3 is 2.70 bits per heavy atom. The van der Waals surface area contributed by atoms with Crippen LogP contribution in [0.5, 0.6) is 5.75 Å². The minimum absolute atomic E-state index is 0.0372. The van der Waals surface area contributed by atoms with Crippen LogP contribution in [0.4, 0.5) is 0 Å². The van der Waals surface area contributed by atoms with Gasteiger partial charge in [0, 0.05) is 24.2 Å². The average molecular weight is 276 g/mol. The largest absolute Gasteiger partial charge is 0.494 e. The molecule has 112 valence electrons. The summed E-state index contributed by atoms with van der Waals surface area (Å²) in [6.07, 6.45) is 5.18. The zero-order valence-electron chi connectivity index (χ0n) is 12.8. The highest BCUT2D eigenvalue weighted by Crippen LogP contribution is 2.30. The molecule has 0 bridgehead atoms. The van der Waals surface area contributed by atoms with Crippen molar-refractivity contribution in [2.45, 2.75) is 51.6 Å². The second kappa shape index (κ2) is 7.65. The molecule has 2 rings (SSSR count). The molecule has 1 saturated carbocycles. The number of nitrogens with zero attached hydrogens (tertiary/aromatic N) is 1. The highest BCUT2D eigenvalue weighted by Gasteiger charge is 2.30. The van der Waals surface area contributed by atoms with Gasteiger partial charge in [-0.3, -0.25) is 4.90 Å². The third kappa shape index (κ3) is 4.22. The topological polar surface area (TPSA) is 38.5 Å². The van der Waals surface area contributed by atoms with E-state index >= 15 is 0 Å². The van der Waals surface area contributed by atoms with E-state index in [2.05, 4.69) is 17.9 Å². The zero-order chi connectivity index (χ0) is 14.4. The van der Waals surface area contributed by atoms with Crippen molar-refractivity contribution in [2.75, 3.05) is 19.7 Å². The van der Waals surface area contributed by atoms with E-state index in [4.69, 9.17) is 10.5 Å². The van der Waals surface area contributed by atoms with Crippen LogP contribution in [0.3, 0.4) is 0 Å². The lowest BCUT2D eigenvalue weighted by Gasteiger charge is -2.26. The van der Waals surface area contributed by atoms with Gasteiger partial charge < -0.3 is 10.5 Å². The Morgan fingerprint density at radius 1 is 1.30 bits per heavy atom. The number of rotatable bonds is 9. The molecule has 1 aromatic carbocycles. The van der Waals surface area contributed by atoms with E-state index < -0.39 is 0 Å². The Kier molecular flexibility index (Phi) is 5.86. The van der Waals surface area contributed by atoms with Crippen molar-refractivity contribution in [1.29, 1.82) is 0 Å². The molecule has 2 N–H and O–H groups in total. The Morgan fingerprint density at radius 2 is 2.05 bits per heavy atom. The summed E-state index contributed by atoms with van der Waals surface area (Å²) in [6.45, 7) is 7.06. The first-order chi connectivity index (χ1) is 9.76. The van der Waals surface area contributed by atoms with Gasteiger partial charge in [-0.1, -0.05) is 31.5 Å². The number of para-hydroxylation sites is 1. The van der Waals surface area contributed by atoms with Gasteiger partial charge in [0.2, 0.25) is 0 Å². The Bertz CT molecular complexity index is 404. The van der Waals surface area contributed by atoms with Crippen LogP contribution in [0.2, 0.25) is 0 Å². The van der Waals surface area contributed by atoms with Crippen molar-refractivity contribution in [3.05, 3.63) is 29.8 Å². The first-order valence-electron chi connectivity index (χ1n) is 7.97. The van der Waals surface area contributed by atoms with Crippen molar-refractivity contribution in [1.82, 2.24) is 4.90 Å². The van der Waals surface area contributed by atoms with Crippen LogP contribution >= 0.6 is 0 Å². The van der Waals surface area contributed by atoms with Gasteiger partial charge in [0.05, 0.1) is 6.61 Å². The number of unbranched alkanes of at least 4 members (excludes halogenated alkanes) is 1.